The first-order valence-electron chi connectivity index (χ1n) is 7.38. The van der Waals surface area contributed by atoms with Crippen molar-refractivity contribution in [1.29, 1.82) is 0 Å². The number of hydroxylamine groups is 2. The second kappa shape index (κ2) is 6.19. The first-order valence-corrected chi connectivity index (χ1v) is 7.38. The minimum Gasteiger partial charge on any atom is -0.442 e. The van der Waals surface area contributed by atoms with Gasteiger partial charge in [-0.15, -0.1) is 0 Å². The van der Waals surface area contributed by atoms with Gasteiger partial charge in [0, 0.05) is 13.8 Å². The lowest BCUT2D eigenvalue weighted by molar-refractivity contribution is -0.241. The summed E-state index contributed by atoms with van der Waals surface area (Å²) < 4.78 is 15.6. The zero-order valence-corrected chi connectivity index (χ0v) is 13.9. The van der Waals surface area contributed by atoms with Gasteiger partial charge in [0.1, 0.15) is 17.7 Å². The van der Waals surface area contributed by atoms with Gasteiger partial charge in [-0.05, 0) is 33.6 Å². The SMILES string of the molecule is CC(=O)OC1=C(OC(C)=O)C2CCC1ON2C(=O)OC(C)(C)C. The van der Waals surface area contributed by atoms with E-state index in [1.54, 1.807) is 20.8 Å². The molecule has 3 rings (SSSR count). The van der Waals surface area contributed by atoms with Gasteiger partial charge in [0.15, 0.2) is 11.5 Å². The van der Waals surface area contributed by atoms with Gasteiger partial charge in [-0.2, -0.15) is 5.06 Å². The molecule has 1 amide bonds. The second-order valence-electron chi connectivity index (χ2n) is 6.41. The van der Waals surface area contributed by atoms with Crippen LogP contribution in [-0.2, 0) is 28.6 Å². The van der Waals surface area contributed by atoms with Gasteiger partial charge in [-0.25, -0.2) is 4.79 Å². The molecule has 0 radical (unpaired) electrons. The summed E-state index contributed by atoms with van der Waals surface area (Å²) in [7, 11) is 0. The number of hydrogen-bond acceptors (Lipinski definition) is 7. The molecule has 0 aromatic rings. The van der Waals surface area contributed by atoms with E-state index in [1.807, 2.05) is 0 Å². The highest BCUT2D eigenvalue weighted by Crippen LogP contribution is 2.39. The Hall–Kier alpha value is -2.09. The Bertz CT molecular complexity index is 561. The maximum absolute atomic E-state index is 12.3. The Morgan fingerprint density at radius 1 is 1.04 bits per heavy atom. The molecule has 2 aliphatic heterocycles. The molecule has 2 bridgehead atoms. The molecule has 128 valence electrons. The van der Waals surface area contributed by atoms with E-state index < -0.39 is 35.8 Å². The van der Waals surface area contributed by atoms with Crippen LogP contribution >= 0.6 is 0 Å². The Kier molecular flexibility index (Phi) is 4.65. The summed E-state index contributed by atoms with van der Waals surface area (Å²) in [6.07, 6.45) is -0.307. The number of fused-ring (bicyclic) bond motifs is 2. The van der Waals surface area contributed by atoms with Crippen molar-refractivity contribution in [2.75, 3.05) is 0 Å². The van der Waals surface area contributed by atoms with Crippen LogP contribution in [0.2, 0.25) is 0 Å². The summed E-state index contributed by atoms with van der Waals surface area (Å²) in [6, 6.07) is -0.673. The van der Waals surface area contributed by atoms with Crippen LogP contribution in [0.1, 0.15) is 47.5 Å². The summed E-state index contributed by atoms with van der Waals surface area (Å²) in [5.74, 6) is -0.851. The predicted octanol–water partition coefficient (Wildman–Crippen LogP) is 2.04. The molecule has 1 aliphatic carbocycles. The third kappa shape index (κ3) is 4.01. The van der Waals surface area contributed by atoms with Crippen molar-refractivity contribution in [2.24, 2.45) is 0 Å². The number of rotatable bonds is 2. The third-order valence-electron chi connectivity index (χ3n) is 3.14. The minimum absolute atomic E-state index is 0.126. The van der Waals surface area contributed by atoms with Crippen LogP contribution < -0.4 is 0 Å². The van der Waals surface area contributed by atoms with E-state index >= 15 is 0 Å². The molecule has 0 spiro atoms. The summed E-state index contributed by atoms with van der Waals surface area (Å²) in [6.45, 7) is 7.69. The Morgan fingerprint density at radius 2 is 1.61 bits per heavy atom. The molecule has 8 heteroatoms. The van der Waals surface area contributed by atoms with Crippen molar-refractivity contribution in [1.82, 2.24) is 5.06 Å². The molecule has 0 aromatic carbocycles. The fourth-order valence-corrected chi connectivity index (χ4v) is 2.45. The van der Waals surface area contributed by atoms with Crippen LogP contribution in [0.3, 0.4) is 0 Å². The zero-order chi connectivity index (χ0) is 17.4. The number of esters is 2. The highest BCUT2D eigenvalue weighted by Gasteiger charge is 2.48. The fourth-order valence-electron chi connectivity index (χ4n) is 2.45. The van der Waals surface area contributed by atoms with E-state index in [4.69, 9.17) is 19.0 Å². The summed E-state index contributed by atoms with van der Waals surface area (Å²) in [4.78, 5) is 40.4. The van der Waals surface area contributed by atoms with E-state index in [0.29, 0.717) is 12.8 Å². The normalized spacial score (nSPS) is 23.6. The molecule has 23 heavy (non-hydrogen) atoms. The maximum Gasteiger partial charge on any atom is 0.435 e. The van der Waals surface area contributed by atoms with E-state index in [0.717, 1.165) is 5.06 Å². The van der Waals surface area contributed by atoms with Gasteiger partial charge in [-0.3, -0.25) is 14.4 Å². The van der Waals surface area contributed by atoms with Crippen LogP contribution in [0.5, 0.6) is 0 Å². The average molecular weight is 327 g/mol. The van der Waals surface area contributed by atoms with Crippen molar-refractivity contribution in [2.45, 2.75) is 65.2 Å². The standard InChI is InChI=1S/C15H21NO7/c1-8(17)20-12-10-6-7-11(13(12)21-9(2)18)23-16(10)14(19)22-15(3,4)5/h10-11H,6-7H2,1-5H3. The lowest BCUT2D eigenvalue weighted by Crippen LogP contribution is -2.55. The van der Waals surface area contributed by atoms with Gasteiger partial charge in [0.2, 0.25) is 0 Å². The molecular formula is C15H21NO7. The van der Waals surface area contributed by atoms with Gasteiger partial charge in [0.05, 0.1) is 0 Å². The van der Waals surface area contributed by atoms with E-state index in [2.05, 4.69) is 0 Å². The number of carbonyl (C=O) groups is 3. The molecule has 0 N–H and O–H groups in total. The number of carbonyl (C=O) groups excluding carboxylic acids is 3. The molecule has 1 saturated heterocycles. The van der Waals surface area contributed by atoms with Crippen LogP contribution in [0.25, 0.3) is 0 Å². The monoisotopic (exact) mass is 327 g/mol. The molecular weight excluding hydrogens is 306 g/mol. The largest absolute Gasteiger partial charge is 0.442 e. The first kappa shape index (κ1) is 17.3. The summed E-state index contributed by atoms with van der Waals surface area (Å²) in [5.41, 5.74) is -0.693. The van der Waals surface area contributed by atoms with Crippen LogP contribution in [0.4, 0.5) is 4.79 Å². The molecule has 0 aromatic heterocycles. The van der Waals surface area contributed by atoms with Crippen molar-refractivity contribution in [3.8, 4) is 0 Å². The molecule has 8 nitrogen and oxygen atoms in total. The highest BCUT2D eigenvalue weighted by molar-refractivity contribution is 5.71. The quantitative estimate of drug-likeness (QED) is 0.566. The Morgan fingerprint density at radius 3 is 2.13 bits per heavy atom. The third-order valence-corrected chi connectivity index (χ3v) is 3.14. The van der Waals surface area contributed by atoms with Crippen molar-refractivity contribution < 1.29 is 33.4 Å². The first-order chi connectivity index (χ1) is 10.6. The van der Waals surface area contributed by atoms with Crippen LogP contribution in [0, 0.1) is 0 Å². The van der Waals surface area contributed by atoms with Crippen LogP contribution in [-0.4, -0.2) is 40.8 Å². The van der Waals surface area contributed by atoms with Gasteiger partial charge in [0.25, 0.3) is 0 Å². The minimum atomic E-state index is -0.693. The summed E-state index contributed by atoms with van der Waals surface area (Å²) in [5, 5.41) is 1.05. The van der Waals surface area contributed by atoms with Gasteiger partial charge >= 0.3 is 18.0 Å². The van der Waals surface area contributed by atoms with Gasteiger partial charge < -0.3 is 14.2 Å². The molecule has 1 fully saturated rings. The number of amides is 1. The molecule has 3 aliphatic rings. The fraction of sp³-hybridized carbons (Fsp3) is 0.667. The number of nitrogens with zero attached hydrogens (tertiary/aromatic N) is 1. The van der Waals surface area contributed by atoms with E-state index in [1.165, 1.54) is 13.8 Å². The Labute approximate surface area is 134 Å². The maximum atomic E-state index is 12.3. The van der Waals surface area contributed by atoms with E-state index in [9.17, 15) is 14.4 Å². The topological polar surface area (TPSA) is 91.4 Å². The lowest BCUT2D eigenvalue weighted by Gasteiger charge is -2.44. The van der Waals surface area contributed by atoms with E-state index in [-0.39, 0.29) is 11.5 Å². The van der Waals surface area contributed by atoms with Crippen LogP contribution in [0.15, 0.2) is 11.5 Å². The Balaban J connectivity index is 2.30. The predicted molar refractivity (Wildman–Crippen MR) is 76.5 cm³/mol. The van der Waals surface area contributed by atoms with Crippen molar-refractivity contribution >= 4 is 18.0 Å². The highest BCUT2D eigenvalue weighted by atomic mass is 16.8. The molecule has 2 unspecified atom stereocenters. The zero-order valence-electron chi connectivity index (χ0n) is 13.9. The molecule has 2 heterocycles. The number of hydrogen-bond donors (Lipinski definition) is 0. The second-order valence-corrected chi connectivity index (χ2v) is 6.41. The molecule has 2 atom stereocenters. The van der Waals surface area contributed by atoms with Crippen molar-refractivity contribution in [3.05, 3.63) is 11.5 Å². The summed E-state index contributed by atoms with van der Waals surface area (Å²) >= 11 is 0. The number of ether oxygens (including phenoxy) is 3. The molecule has 0 saturated carbocycles. The lowest BCUT2D eigenvalue weighted by atomic mass is 9.94. The smallest absolute Gasteiger partial charge is 0.435 e. The van der Waals surface area contributed by atoms with Gasteiger partial charge in [-0.1, -0.05) is 0 Å². The van der Waals surface area contributed by atoms with Crippen molar-refractivity contribution in [3.63, 3.8) is 0 Å². The average Bonchev–Trinajstić information content (AvgIpc) is 2.39.